The standard InChI is InChI=1S/C15H23F2N/c1-10-6-7-11(16)13(14(10)17)12(18-5)8-9-15(2,3)4/h6-7,12,18H,8-9H2,1-5H3. The monoisotopic (exact) mass is 255 g/mol. The summed E-state index contributed by atoms with van der Waals surface area (Å²) in [6.45, 7) is 8.04. The average molecular weight is 255 g/mol. The maximum absolute atomic E-state index is 14.0. The van der Waals surface area contributed by atoms with Crippen LogP contribution in [0.5, 0.6) is 0 Å². The van der Waals surface area contributed by atoms with E-state index in [1.165, 1.54) is 12.1 Å². The SMILES string of the molecule is CNC(CCC(C)(C)C)c1c(F)ccc(C)c1F. The minimum Gasteiger partial charge on any atom is -0.313 e. The van der Waals surface area contributed by atoms with Crippen LogP contribution in [0.1, 0.15) is 50.8 Å². The van der Waals surface area contributed by atoms with Gasteiger partial charge in [0, 0.05) is 11.6 Å². The lowest BCUT2D eigenvalue weighted by molar-refractivity contribution is 0.331. The summed E-state index contributed by atoms with van der Waals surface area (Å²) in [5.74, 6) is -0.894. The van der Waals surface area contributed by atoms with Crippen LogP contribution >= 0.6 is 0 Å². The fourth-order valence-electron chi connectivity index (χ4n) is 2.01. The first-order chi connectivity index (χ1) is 8.26. The normalized spacial score (nSPS) is 13.7. The quantitative estimate of drug-likeness (QED) is 0.843. The molecule has 0 fully saturated rings. The van der Waals surface area contributed by atoms with E-state index in [1.807, 2.05) is 0 Å². The molecule has 1 atom stereocenters. The molecule has 0 saturated carbocycles. The molecule has 0 amide bonds. The van der Waals surface area contributed by atoms with E-state index < -0.39 is 11.6 Å². The van der Waals surface area contributed by atoms with Gasteiger partial charge < -0.3 is 5.32 Å². The molecule has 18 heavy (non-hydrogen) atoms. The number of benzene rings is 1. The Morgan fingerprint density at radius 1 is 1.22 bits per heavy atom. The molecule has 1 nitrogen and oxygen atoms in total. The Morgan fingerprint density at radius 2 is 1.83 bits per heavy atom. The van der Waals surface area contributed by atoms with E-state index in [9.17, 15) is 8.78 Å². The van der Waals surface area contributed by atoms with Crippen molar-refractivity contribution in [3.05, 3.63) is 34.9 Å². The van der Waals surface area contributed by atoms with Gasteiger partial charge in [-0.15, -0.1) is 0 Å². The predicted molar refractivity (Wildman–Crippen MR) is 71.6 cm³/mol. The molecule has 0 aliphatic carbocycles. The Morgan fingerprint density at radius 3 is 2.33 bits per heavy atom. The van der Waals surface area contributed by atoms with E-state index in [0.29, 0.717) is 5.56 Å². The van der Waals surface area contributed by atoms with E-state index >= 15 is 0 Å². The highest BCUT2D eigenvalue weighted by molar-refractivity contribution is 5.29. The number of hydrogen-bond acceptors (Lipinski definition) is 1. The Hall–Kier alpha value is -0.960. The van der Waals surface area contributed by atoms with Crippen molar-refractivity contribution in [1.82, 2.24) is 5.32 Å². The Bertz CT molecular complexity index is 408. The first-order valence-electron chi connectivity index (χ1n) is 6.38. The van der Waals surface area contributed by atoms with Crippen molar-refractivity contribution >= 4 is 0 Å². The topological polar surface area (TPSA) is 12.0 Å². The van der Waals surface area contributed by atoms with E-state index in [1.54, 1.807) is 14.0 Å². The van der Waals surface area contributed by atoms with Gasteiger partial charge in [-0.3, -0.25) is 0 Å². The lowest BCUT2D eigenvalue weighted by atomic mass is 9.86. The molecule has 1 N–H and O–H groups in total. The third kappa shape index (κ3) is 3.77. The van der Waals surface area contributed by atoms with Crippen LogP contribution in [0, 0.1) is 24.0 Å². The summed E-state index contributed by atoms with van der Waals surface area (Å²) >= 11 is 0. The Labute approximate surface area is 109 Å². The van der Waals surface area contributed by atoms with Gasteiger partial charge in [0.05, 0.1) is 0 Å². The van der Waals surface area contributed by atoms with Crippen molar-refractivity contribution in [2.75, 3.05) is 7.05 Å². The third-order valence-electron chi connectivity index (χ3n) is 3.20. The highest BCUT2D eigenvalue weighted by Gasteiger charge is 2.22. The molecule has 0 aliphatic heterocycles. The van der Waals surface area contributed by atoms with Crippen LogP contribution in [0.15, 0.2) is 12.1 Å². The second-order valence-corrected chi connectivity index (χ2v) is 6.03. The highest BCUT2D eigenvalue weighted by atomic mass is 19.1. The van der Waals surface area contributed by atoms with Crippen LogP contribution in [0.2, 0.25) is 0 Å². The van der Waals surface area contributed by atoms with E-state index in [4.69, 9.17) is 0 Å². The maximum Gasteiger partial charge on any atom is 0.133 e. The zero-order valence-electron chi connectivity index (χ0n) is 11.9. The maximum atomic E-state index is 14.0. The van der Waals surface area contributed by atoms with Crippen molar-refractivity contribution in [3.63, 3.8) is 0 Å². The molecule has 1 unspecified atom stereocenters. The predicted octanol–water partition coefficient (Wildman–Crippen LogP) is 4.36. The Kier molecular flexibility index (Phi) is 4.85. The Balaban J connectivity index is 2.99. The van der Waals surface area contributed by atoms with Gasteiger partial charge in [-0.2, -0.15) is 0 Å². The number of rotatable bonds is 4. The summed E-state index contributed by atoms with van der Waals surface area (Å²) in [7, 11) is 1.74. The first kappa shape index (κ1) is 15.1. The van der Waals surface area contributed by atoms with Crippen molar-refractivity contribution < 1.29 is 8.78 Å². The van der Waals surface area contributed by atoms with Gasteiger partial charge in [0.15, 0.2) is 0 Å². The number of hydrogen-bond donors (Lipinski definition) is 1. The molecular formula is C15H23F2N. The van der Waals surface area contributed by atoms with E-state index in [0.717, 1.165) is 12.8 Å². The van der Waals surface area contributed by atoms with Crippen LogP contribution in [-0.4, -0.2) is 7.05 Å². The lowest BCUT2D eigenvalue weighted by Gasteiger charge is -2.24. The molecule has 3 heteroatoms. The van der Waals surface area contributed by atoms with Gasteiger partial charge in [-0.05, 0) is 43.9 Å². The molecule has 0 saturated heterocycles. The van der Waals surface area contributed by atoms with Crippen LogP contribution in [0.3, 0.4) is 0 Å². The summed E-state index contributed by atoms with van der Waals surface area (Å²) in [6, 6.07) is 2.55. The van der Waals surface area contributed by atoms with Crippen molar-refractivity contribution in [1.29, 1.82) is 0 Å². The number of aryl methyl sites for hydroxylation is 1. The van der Waals surface area contributed by atoms with E-state index in [-0.39, 0.29) is 17.0 Å². The van der Waals surface area contributed by atoms with Crippen LogP contribution < -0.4 is 5.32 Å². The second kappa shape index (κ2) is 5.79. The average Bonchev–Trinajstić information content (AvgIpc) is 2.27. The number of nitrogens with one attached hydrogen (secondary N) is 1. The summed E-state index contributed by atoms with van der Waals surface area (Å²) < 4.78 is 27.8. The van der Waals surface area contributed by atoms with Gasteiger partial charge in [-0.25, -0.2) is 8.78 Å². The third-order valence-corrected chi connectivity index (χ3v) is 3.20. The molecule has 1 aromatic carbocycles. The van der Waals surface area contributed by atoms with Crippen molar-refractivity contribution in [3.8, 4) is 0 Å². The first-order valence-corrected chi connectivity index (χ1v) is 6.38. The summed E-state index contributed by atoms with van der Waals surface area (Å²) in [5, 5.41) is 3.02. The molecule has 102 valence electrons. The zero-order valence-corrected chi connectivity index (χ0v) is 11.9. The molecule has 0 radical (unpaired) electrons. The molecule has 0 heterocycles. The summed E-state index contributed by atoms with van der Waals surface area (Å²) in [6.07, 6.45) is 1.63. The van der Waals surface area contributed by atoms with Gasteiger partial charge in [0.1, 0.15) is 11.6 Å². The molecule has 0 aromatic heterocycles. The van der Waals surface area contributed by atoms with Crippen LogP contribution in [0.25, 0.3) is 0 Å². The molecule has 0 aliphatic rings. The zero-order chi connectivity index (χ0) is 13.9. The van der Waals surface area contributed by atoms with Gasteiger partial charge in [-0.1, -0.05) is 26.8 Å². The molecule has 1 aromatic rings. The lowest BCUT2D eigenvalue weighted by Crippen LogP contribution is -2.21. The highest BCUT2D eigenvalue weighted by Crippen LogP contribution is 2.30. The largest absolute Gasteiger partial charge is 0.313 e. The minimum atomic E-state index is -0.466. The smallest absolute Gasteiger partial charge is 0.133 e. The van der Waals surface area contributed by atoms with Crippen LogP contribution in [0.4, 0.5) is 8.78 Å². The second-order valence-electron chi connectivity index (χ2n) is 6.03. The summed E-state index contributed by atoms with van der Waals surface area (Å²) in [5.41, 5.74) is 0.815. The van der Waals surface area contributed by atoms with Crippen molar-refractivity contribution in [2.45, 2.75) is 46.6 Å². The molecule has 0 bridgehead atoms. The van der Waals surface area contributed by atoms with E-state index in [2.05, 4.69) is 26.1 Å². The fraction of sp³-hybridized carbons (Fsp3) is 0.600. The molecule has 0 spiro atoms. The van der Waals surface area contributed by atoms with Crippen molar-refractivity contribution in [2.24, 2.45) is 5.41 Å². The number of halogens is 2. The van der Waals surface area contributed by atoms with Gasteiger partial charge in [0.2, 0.25) is 0 Å². The molecular weight excluding hydrogens is 232 g/mol. The van der Waals surface area contributed by atoms with Gasteiger partial charge >= 0.3 is 0 Å². The van der Waals surface area contributed by atoms with Crippen LogP contribution in [-0.2, 0) is 0 Å². The minimum absolute atomic E-state index is 0.159. The fourth-order valence-corrected chi connectivity index (χ4v) is 2.01. The summed E-state index contributed by atoms with van der Waals surface area (Å²) in [4.78, 5) is 0. The van der Waals surface area contributed by atoms with Gasteiger partial charge in [0.25, 0.3) is 0 Å². The molecule has 1 rings (SSSR count).